The lowest BCUT2D eigenvalue weighted by Gasteiger charge is -2.16. The summed E-state index contributed by atoms with van der Waals surface area (Å²) in [5.74, 6) is -0.421. The zero-order valence-corrected chi connectivity index (χ0v) is 18.4. The maximum Gasteiger partial charge on any atom is 0.267 e. The van der Waals surface area contributed by atoms with Crippen LogP contribution in [-0.2, 0) is 14.8 Å². The summed E-state index contributed by atoms with van der Waals surface area (Å²) in [6, 6.07) is 15.3. The fourth-order valence-electron chi connectivity index (χ4n) is 3.34. The van der Waals surface area contributed by atoms with Gasteiger partial charge in [0, 0.05) is 30.0 Å². The molecule has 0 bridgehead atoms. The van der Waals surface area contributed by atoms with E-state index in [1.165, 1.54) is 6.07 Å². The molecule has 2 aromatic carbocycles. The molecule has 0 unspecified atom stereocenters. The van der Waals surface area contributed by atoms with Gasteiger partial charge in [-0.05, 0) is 61.2 Å². The first-order valence-electron chi connectivity index (χ1n) is 9.72. The van der Waals surface area contributed by atoms with E-state index in [0.29, 0.717) is 24.3 Å². The fourth-order valence-corrected chi connectivity index (χ4v) is 5.72. The average Bonchev–Trinajstić information content (AvgIpc) is 3.40. The molecule has 0 radical (unpaired) electrons. The Balaban J connectivity index is 1.49. The second-order valence-corrected chi connectivity index (χ2v) is 9.80. The maximum atomic E-state index is 12.8. The number of nitrogens with one attached hydrogen (secondary N) is 2. The van der Waals surface area contributed by atoms with Crippen LogP contribution < -0.4 is 14.9 Å². The van der Waals surface area contributed by atoms with Crippen LogP contribution in [0, 0.1) is 6.92 Å². The minimum absolute atomic E-state index is 0.0742. The van der Waals surface area contributed by atoms with Crippen LogP contribution in [0.1, 0.15) is 28.1 Å². The number of anilines is 3. The van der Waals surface area contributed by atoms with Crippen molar-refractivity contribution in [1.82, 2.24) is 0 Å². The van der Waals surface area contributed by atoms with Crippen molar-refractivity contribution < 1.29 is 18.0 Å². The number of benzene rings is 2. The van der Waals surface area contributed by atoms with E-state index in [1.807, 2.05) is 6.92 Å². The molecule has 3 aromatic rings. The van der Waals surface area contributed by atoms with Crippen LogP contribution in [0.4, 0.5) is 17.1 Å². The van der Waals surface area contributed by atoms with Crippen LogP contribution in [0.2, 0.25) is 0 Å². The van der Waals surface area contributed by atoms with Crippen molar-refractivity contribution in [3.63, 3.8) is 0 Å². The van der Waals surface area contributed by atoms with Crippen molar-refractivity contribution >= 4 is 50.2 Å². The van der Waals surface area contributed by atoms with Gasteiger partial charge in [0.1, 0.15) is 9.77 Å². The van der Waals surface area contributed by atoms with E-state index in [0.717, 1.165) is 29.0 Å². The third-order valence-electron chi connectivity index (χ3n) is 4.94. The number of rotatable bonds is 6. The van der Waals surface area contributed by atoms with Gasteiger partial charge < -0.3 is 10.2 Å². The lowest BCUT2D eigenvalue weighted by molar-refractivity contribution is -0.117. The predicted molar refractivity (Wildman–Crippen MR) is 122 cm³/mol. The molecule has 1 aromatic heterocycles. The van der Waals surface area contributed by atoms with Crippen molar-refractivity contribution in [2.75, 3.05) is 21.5 Å². The Morgan fingerprint density at radius 3 is 2.32 bits per heavy atom. The molecule has 160 valence electrons. The minimum Gasteiger partial charge on any atom is -0.321 e. The van der Waals surface area contributed by atoms with E-state index in [9.17, 15) is 18.0 Å². The molecule has 0 atom stereocenters. The van der Waals surface area contributed by atoms with E-state index in [1.54, 1.807) is 58.8 Å². The molecular formula is C22H21N3O4S2. The number of hydrogen-bond acceptors (Lipinski definition) is 5. The minimum atomic E-state index is -3.92. The largest absolute Gasteiger partial charge is 0.321 e. The Morgan fingerprint density at radius 2 is 1.68 bits per heavy atom. The van der Waals surface area contributed by atoms with Crippen LogP contribution >= 0.6 is 11.3 Å². The predicted octanol–water partition coefficient (Wildman–Crippen LogP) is 4.24. The van der Waals surface area contributed by atoms with Crippen LogP contribution in [0.15, 0.2) is 64.9 Å². The fraction of sp³-hybridized carbons (Fsp3) is 0.182. The maximum absolute atomic E-state index is 12.8. The highest BCUT2D eigenvalue weighted by molar-refractivity contribution is 7.93. The number of sulfonamides is 1. The van der Waals surface area contributed by atoms with Gasteiger partial charge in [0.25, 0.3) is 15.9 Å². The van der Waals surface area contributed by atoms with E-state index in [2.05, 4.69) is 10.0 Å². The summed E-state index contributed by atoms with van der Waals surface area (Å²) in [5, 5.41) is 4.30. The zero-order chi connectivity index (χ0) is 22.0. The molecule has 1 aliphatic rings. The van der Waals surface area contributed by atoms with Crippen molar-refractivity contribution in [3.8, 4) is 0 Å². The van der Waals surface area contributed by atoms with E-state index < -0.39 is 15.9 Å². The Bertz CT molecular complexity index is 1220. The Labute approximate surface area is 184 Å². The van der Waals surface area contributed by atoms with Crippen LogP contribution in [0.25, 0.3) is 0 Å². The van der Waals surface area contributed by atoms with E-state index >= 15 is 0 Å². The molecule has 9 heteroatoms. The number of carbonyl (C=O) groups is 2. The molecule has 2 heterocycles. The summed E-state index contributed by atoms with van der Waals surface area (Å²) >= 11 is 1.06. The summed E-state index contributed by atoms with van der Waals surface area (Å²) in [6.45, 7) is 2.60. The van der Waals surface area contributed by atoms with E-state index in [4.69, 9.17) is 0 Å². The molecule has 2 N–H and O–H groups in total. The lowest BCUT2D eigenvalue weighted by atomic mass is 10.2. The molecule has 0 spiro atoms. The second-order valence-electron chi connectivity index (χ2n) is 7.24. The van der Waals surface area contributed by atoms with Gasteiger partial charge >= 0.3 is 0 Å². The molecule has 2 amide bonds. The summed E-state index contributed by atoms with van der Waals surface area (Å²) in [5.41, 5.74) is 2.74. The SMILES string of the molecule is Cc1ccc(NS(=O)(=O)c2ccsc2C(=O)Nc2ccc(N3CCCC3=O)cc2)cc1. The van der Waals surface area contributed by atoms with Gasteiger partial charge in [-0.1, -0.05) is 17.7 Å². The quantitative estimate of drug-likeness (QED) is 0.581. The second kappa shape index (κ2) is 8.52. The first-order valence-corrected chi connectivity index (χ1v) is 12.1. The van der Waals surface area contributed by atoms with Gasteiger partial charge in [0.2, 0.25) is 5.91 Å². The van der Waals surface area contributed by atoms with Gasteiger partial charge in [0.05, 0.1) is 0 Å². The van der Waals surface area contributed by atoms with Crippen molar-refractivity contribution in [2.24, 2.45) is 0 Å². The Morgan fingerprint density at radius 1 is 1.00 bits per heavy atom. The third kappa shape index (κ3) is 4.62. The van der Waals surface area contributed by atoms with Gasteiger partial charge in [0.15, 0.2) is 0 Å². The van der Waals surface area contributed by atoms with Gasteiger partial charge in [-0.15, -0.1) is 11.3 Å². The first-order chi connectivity index (χ1) is 14.8. The van der Waals surface area contributed by atoms with Crippen LogP contribution in [-0.4, -0.2) is 26.8 Å². The lowest BCUT2D eigenvalue weighted by Crippen LogP contribution is -2.23. The summed E-state index contributed by atoms with van der Waals surface area (Å²) in [7, 11) is -3.92. The molecule has 1 fully saturated rings. The topological polar surface area (TPSA) is 95.6 Å². The normalized spacial score (nSPS) is 14.0. The summed E-state index contributed by atoms with van der Waals surface area (Å²) in [4.78, 5) is 26.4. The van der Waals surface area contributed by atoms with E-state index in [-0.39, 0.29) is 15.7 Å². The number of nitrogens with zero attached hydrogens (tertiary/aromatic N) is 1. The third-order valence-corrected chi connectivity index (χ3v) is 7.40. The Hall–Kier alpha value is -3.17. The number of thiophene rings is 1. The first kappa shape index (κ1) is 21.1. The summed E-state index contributed by atoms with van der Waals surface area (Å²) in [6.07, 6.45) is 1.38. The molecule has 0 aliphatic carbocycles. The number of aryl methyl sites for hydroxylation is 1. The molecule has 0 saturated carbocycles. The van der Waals surface area contributed by atoms with Crippen LogP contribution in [0.5, 0.6) is 0 Å². The van der Waals surface area contributed by atoms with Crippen LogP contribution in [0.3, 0.4) is 0 Å². The number of hydrogen-bond donors (Lipinski definition) is 2. The Kier molecular flexibility index (Phi) is 5.79. The highest BCUT2D eigenvalue weighted by Crippen LogP contribution is 2.27. The summed E-state index contributed by atoms with van der Waals surface area (Å²) < 4.78 is 28.2. The zero-order valence-electron chi connectivity index (χ0n) is 16.8. The highest BCUT2D eigenvalue weighted by Gasteiger charge is 2.25. The van der Waals surface area contributed by atoms with Crippen molar-refractivity contribution in [1.29, 1.82) is 0 Å². The number of carbonyl (C=O) groups excluding carboxylic acids is 2. The van der Waals surface area contributed by atoms with Gasteiger partial charge in [-0.2, -0.15) is 0 Å². The molecule has 7 nitrogen and oxygen atoms in total. The van der Waals surface area contributed by atoms with Crippen molar-refractivity contribution in [2.45, 2.75) is 24.7 Å². The highest BCUT2D eigenvalue weighted by atomic mass is 32.2. The standard InChI is InChI=1S/C22H21N3O4S2/c1-15-4-6-17(7-5-15)24-31(28,29)19-12-14-30-21(19)22(27)23-16-8-10-18(11-9-16)25-13-2-3-20(25)26/h4-12,14,24H,2-3,13H2,1H3,(H,23,27). The van der Waals surface area contributed by atoms with Gasteiger partial charge in [-0.3, -0.25) is 14.3 Å². The average molecular weight is 456 g/mol. The molecule has 31 heavy (non-hydrogen) atoms. The molecular weight excluding hydrogens is 434 g/mol. The monoisotopic (exact) mass is 455 g/mol. The molecule has 4 rings (SSSR count). The number of amides is 2. The molecule has 1 saturated heterocycles. The van der Waals surface area contributed by atoms with Crippen molar-refractivity contribution in [3.05, 3.63) is 70.4 Å². The van der Waals surface area contributed by atoms with Gasteiger partial charge in [-0.25, -0.2) is 8.42 Å². The molecule has 1 aliphatic heterocycles. The smallest absolute Gasteiger partial charge is 0.267 e.